The van der Waals surface area contributed by atoms with E-state index < -0.39 is 11.9 Å². The molecule has 24 heavy (non-hydrogen) atoms. The Balaban J connectivity index is 1.63. The van der Waals surface area contributed by atoms with Gasteiger partial charge in [-0.15, -0.1) is 0 Å². The molecule has 0 radical (unpaired) electrons. The van der Waals surface area contributed by atoms with Gasteiger partial charge in [-0.3, -0.25) is 9.59 Å². The number of carbonyl (C=O) groups is 2. The van der Waals surface area contributed by atoms with Gasteiger partial charge >= 0.3 is 5.97 Å². The van der Waals surface area contributed by atoms with Crippen molar-refractivity contribution in [1.29, 1.82) is 0 Å². The molecule has 2 aromatic rings. The van der Waals surface area contributed by atoms with E-state index in [9.17, 15) is 9.59 Å². The smallest absolute Gasteiger partial charge is 0.311 e. The van der Waals surface area contributed by atoms with Gasteiger partial charge in [0.15, 0.2) is 0 Å². The van der Waals surface area contributed by atoms with Crippen LogP contribution in [-0.4, -0.2) is 18.4 Å². The number of para-hydroxylation sites is 1. The van der Waals surface area contributed by atoms with Crippen molar-refractivity contribution in [2.24, 2.45) is 5.92 Å². The van der Waals surface area contributed by atoms with Crippen LogP contribution in [-0.2, 0) is 20.9 Å². The Labute approximate surface area is 149 Å². The molecule has 0 spiro atoms. The van der Waals surface area contributed by atoms with Gasteiger partial charge in [0.2, 0.25) is 5.91 Å². The highest BCUT2D eigenvalue weighted by Gasteiger charge is 2.36. The van der Waals surface area contributed by atoms with Crippen LogP contribution in [0.3, 0.4) is 0 Å². The van der Waals surface area contributed by atoms with Gasteiger partial charge < -0.3 is 9.64 Å². The second kappa shape index (κ2) is 7.24. The molecule has 0 aliphatic carbocycles. The average molecular weight is 364 g/mol. The van der Waals surface area contributed by atoms with Crippen molar-refractivity contribution < 1.29 is 14.3 Å². The summed E-state index contributed by atoms with van der Waals surface area (Å²) >= 11 is 12.1. The molecule has 1 aliphatic heterocycles. The van der Waals surface area contributed by atoms with Gasteiger partial charge in [0.25, 0.3) is 0 Å². The van der Waals surface area contributed by atoms with Crippen LogP contribution < -0.4 is 4.90 Å². The number of halogens is 2. The van der Waals surface area contributed by atoms with Crippen molar-refractivity contribution in [3.8, 4) is 0 Å². The Bertz CT molecular complexity index is 744. The summed E-state index contributed by atoms with van der Waals surface area (Å²) in [5.41, 5.74) is 1.35. The molecule has 1 unspecified atom stereocenters. The van der Waals surface area contributed by atoms with Crippen LogP contribution in [0.15, 0.2) is 48.5 Å². The molecule has 6 heteroatoms. The summed E-state index contributed by atoms with van der Waals surface area (Å²) in [5, 5.41) is 0.896. The zero-order valence-electron chi connectivity index (χ0n) is 12.7. The van der Waals surface area contributed by atoms with E-state index in [1.54, 1.807) is 23.1 Å². The van der Waals surface area contributed by atoms with E-state index in [0.717, 1.165) is 5.69 Å². The molecule has 1 amide bonds. The molecule has 4 nitrogen and oxygen atoms in total. The second-order valence-corrected chi connectivity index (χ2v) is 6.36. The number of carbonyl (C=O) groups excluding carboxylic acids is 2. The molecular weight excluding hydrogens is 349 g/mol. The van der Waals surface area contributed by atoms with Crippen LogP contribution >= 0.6 is 23.2 Å². The maximum atomic E-state index is 12.3. The highest BCUT2D eigenvalue weighted by atomic mass is 35.5. The molecular formula is C18H15Cl2NO3. The quantitative estimate of drug-likeness (QED) is 0.768. The normalized spacial score (nSPS) is 17.2. The zero-order chi connectivity index (χ0) is 17.1. The van der Waals surface area contributed by atoms with Gasteiger partial charge in [-0.1, -0.05) is 47.5 Å². The van der Waals surface area contributed by atoms with Gasteiger partial charge in [-0.25, -0.2) is 0 Å². The first-order chi connectivity index (χ1) is 11.6. The lowest BCUT2D eigenvalue weighted by Crippen LogP contribution is -2.26. The van der Waals surface area contributed by atoms with Crippen molar-refractivity contribution >= 4 is 40.8 Å². The predicted octanol–water partition coefficient (Wildman–Crippen LogP) is 4.09. The third-order valence-electron chi connectivity index (χ3n) is 3.95. The first-order valence-electron chi connectivity index (χ1n) is 7.51. The van der Waals surface area contributed by atoms with E-state index in [1.807, 2.05) is 30.3 Å². The molecule has 2 aromatic carbocycles. The number of nitrogens with zero attached hydrogens (tertiary/aromatic N) is 1. The molecule has 0 saturated carbocycles. The van der Waals surface area contributed by atoms with Gasteiger partial charge in [-0.2, -0.15) is 0 Å². The van der Waals surface area contributed by atoms with Gasteiger partial charge in [0.05, 0.1) is 5.92 Å². The fourth-order valence-electron chi connectivity index (χ4n) is 2.65. The van der Waals surface area contributed by atoms with E-state index in [0.29, 0.717) is 22.2 Å². The number of esters is 1. The number of rotatable bonds is 4. The lowest BCUT2D eigenvalue weighted by molar-refractivity contribution is -0.149. The zero-order valence-corrected chi connectivity index (χ0v) is 14.3. The standard InChI is InChI=1S/C18H15Cl2NO3/c19-15-7-4-8-16(20)14(15)11-24-18(23)12-9-17(22)21(10-12)13-5-2-1-3-6-13/h1-8,12H,9-11H2. The van der Waals surface area contributed by atoms with Crippen LogP contribution in [0.25, 0.3) is 0 Å². The lowest BCUT2D eigenvalue weighted by Gasteiger charge is -2.16. The molecule has 1 atom stereocenters. The average Bonchev–Trinajstić information content (AvgIpc) is 2.97. The Morgan fingerprint density at radius 3 is 2.42 bits per heavy atom. The minimum atomic E-state index is -0.487. The summed E-state index contributed by atoms with van der Waals surface area (Å²) < 4.78 is 5.32. The second-order valence-electron chi connectivity index (χ2n) is 5.55. The Morgan fingerprint density at radius 2 is 1.75 bits per heavy atom. The van der Waals surface area contributed by atoms with Crippen LogP contribution in [0.5, 0.6) is 0 Å². The van der Waals surface area contributed by atoms with Gasteiger partial charge in [-0.05, 0) is 24.3 Å². The summed E-state index contributed by atoms with van der Waals surface area (Å²) in [6.07, 6.45) is 0.143. The molecule has 0 aromatic heterocycles. The fraction of sp³-hybridized carbons (Fsp3) is 0.222. The van der Waals surface area contributed by atoms with Crippen LogP contribution in [0.1, 0.15) is 12.0 Å². The number of anilines is 1. The Morgan fingerprint density at radius 1 is 1.08 bits per heavy atom. The van der Waals surface area contributed by atoms with Crippen molar-refractivity contribution in [1.82, 2.24) is 0 Å². The molecule has 124 valence electrons. The molecule has 1 fully saturated rings. The van der Waals surface area contributed by atoms with Gasteiger partial charge in [0, 0.05) is 34.3 Å². The first-order valence-corrected chi connectivity index (χ1v) is 8.27. The maximum Gasteiger partial charge on any atom is 0.311 e. The van der Waals surface area contributed by atoms with Crippen LogP contribution in [0.2, 0.25) is 10.0 Å². The van der Waals surface area contributed by atoms with E-state index in [4.69, 9.17) is 27.9 Å². The van der Waals surface area contributed by atoms with Crippen molar-refractivity contribution in [2.75, 3.05) is 11.4 Å². The van der Waals surface area contributed by atoms with E-state index in [-0.39, 0.29) is 18.9 Å². The highest BCUT2D eigenvalue weighted by molar-refractivity contribution is 6.35. The summed E-state index contributed by atoms with van der Waals surface area (Å²) in [6, 6.07) is 14.4. The van der Waals surface area contributed by atoms with E-state index in [1.165, 1.54) is 0 Å². The third kappa shape index (κ3) is 3.55. The van der Waals surface area contributed by atoms with E-state index >= 15 is 0 Å². The highest BCUT2D eigenvalue weighted by Crippen LogP contribution is 2.28. The fourth-order valence-corrected chi connectivity index (χ4v) is 3.16. The van der Waals surface area contributed by atoms with Gasteiger partial charge in [0.1, 0.15) is 6.61 Å². The first kappa shape index (κ1) is 16.8. The Kier molecular flexibility index (Phi) is 5.07. The van der Waals surface area contributed by atoms with Crippen LogP contribution in [0, 0.1) is 5.92 Å². The monoisotopic (exact) mass is 363 g/mol. The maximum absolute atomic E-state index is 12.3. The summed E-state index contributed by atoms with van der Waals surface area (Å²) in [7, 11) is 0. The number of ether oxygens (including phenoxy) is 1. The SMILES string of the molecule is O=C(OCc1c(Cl)cccc1Cl)C1CC(=O)N(c2ccccc2)C1. The molecule has 3 rings (SSSR count). The summed E-state index contributed by atoms with van der Waals surface area (Å²) in [6.45, 7) is 0.311. The topological polar surface area (TPSA) is 46.6 Å². The number of benzene rings is 2. The molecule has 0 bridgehead atoms. The van der Waals surface area contributed by atoms with Crippen molar-refractivity contribution in [3.63, 3.8) is 0 Å². The molecule has 0 N–H and O–H groups in total. The Hall–Kier alpha value is -2.04. The minimum absolute atomic E-state index is 0.00658. The van der Waals surface area contributed by atoms with E-state index in [2.05, 4.69) is 0 Å². The van der Waals surface area contributed by atoms with Crippen molar-refractivity contribution in [3.05, 3.63) is 64.1 Å². The predicted molar refractivity (Wildman–Crippen MR) is 93.2 cm³/mol. The lowest BCUT2D eigenvalue weighted by atomic mass is 10.1. The number of hydrogen-bond donors (Lipinski definition) is 0. The summed E-state index contributed by atoms with van der Waals surface area (Å²) in [5.74, 6) is -0.990. The molecule has 1 aliphatic rings. The van der Waals surface area contributed by atoms with Crippen LogP contribution in [0.4, 0.5) is 5.69 Å². The van der Waals surface area contributed by atoms with Crippen molar-refractivity contribution in [2.45, 2.75) is 13.0 Å². The molecule has 1 heterocycles. The molecule has 1 saturated heterocycles. The number of amides is 1. The largest absolute Gasteiger partial charge is 0.460 e. The third-order valence-corrected chi connectivity index (χ3v) is 4.65. The summed E-state index contributed by atoms with van der Waals surface area (Å²) in [4.78, 5) is 26.0. The number of hydrogen-bond acceptors (Lipinski definition) is 3. The minimum Gasteiger partial charge on any atom is -0.460 e.